The number of rotatable bonds is 2. The first kappa shape index (κ1) is 14.1. The van der Waals surface area contributed by atoms with Gasteiger partial charge >= 0.3 is 0 Å². The van der Waals surface area contributed by atoms with E-state index in [1.807, 2.05) is 0 Å². The lowest BCUT2D eigenvalue weighted by molar-refractivity contribution is -0.120. The van der Waals surface area contributed by atoms with Crippen molar-refractivity contribution in [2.45, 2.75) is 58.0 Å². The molecular weight excluding hydrogens is 236 g/mol. The number of hydrogen-bond donors (Lipinski definition) is 2. The van der Waals surface area contributed by atoms with E-state index < -0.39 is 0 Å². The Morgan fingerprint density at radius 3 is 2.42 bits per heavy atom. The molecule has 1 aliphatic carbocycles. The van der Waals surface area contributed by atoms with E-state index in [9.17, 15) is 4.79 Å². The molecule has 1 aliphatic rings. The Hall–Kier alpha value is -1.35. The predicted molar refractivity (Wildman–Crippen MR) is 78.1 cm³/mol. The average Bonchev–Trinajstić information content (AvgIpc) is 2.32. The standard InChI is InChI=1S/C16H24N2O/c1-10-5-4-6-11(2)16(10)13-7-8-15(14(17)9-13)18-12(3)19/h4-6,13-15H,7-9,17H2,1-3H3,(H,18,19)/t13-,14-,15-/m1/s1. The summed E-state index contributed by atoms with van der Waals surface area (Å²) < 4.78 is 0. The first-order chi connectivity index (χ1) is 8.99. The molecule has 1 aromatic rings. The molecule has 1 amide bonds. The molecule has 0 spiro atoms. The van der Waals surface area contributed by atoms with Gasteiger partial charge in [0, 0.05) is 19.0 Å². The van der Waals surface area contributed by atoms with Crippen molar-refractivity contribution in [3.63, 3.8) is 0 Å². The monoisotopic (exact) mass is 260 g/mol. The molecule has 1 aromatic carbocycles. The lowest BCUT2D eigenvalue weighted by atomic mass is 9.76. The number of aryl methyl sites for hydroxylation is 2. The molecule has 2 rings (SSSR count). The fraction of sp³-hybridized carbons (Fsp3) is 0.562. The van der Waals surface area contributed by atoms with Crippen molar-refractivity contribution in [3.8, 4) is 0 Å². The number of carbonyl (C=O) groups is 1. The molecule has 1 saturated carbocycles. The molecule has 0 bridgehead atoms. The van der Waals surface area contributed by atoms with Crippen LogP contribution < -0.4 is 11.1 Å². The van der Waals surface area contributed by atoms with Crippen LogP contribution >= 0.6 is 0 Å². The first-order valence-electron chi connectivity index (χ1n) is 7.08. The van der Waals surface area contributed by atoms with Crippen LogP contribution in [0.1, 0.15) is 48.8 Å². The summed E-state index contributed by atoms with van der Waals surface area (Å²) in [6.45, 7) is 5.91. The summed E-state index contributed by atoms with van der Waals surface area (Å²) in [6.07, 6.45) is 3.03. The second-order valence-corrected chi connectivity index (χ2v) is 5.79. The summed E-state index contributed by atoms with van der Waals surface area (Å²) >= 11 is 0. The van der Waals surface area contributed by atoms with Gasteiger partial charge in [0.1, 0.15) is 0 Å². The Bertz CT molecular complexity index is 450. The van der Waals surface area contributed by atoms with Crippen molar-refractivity contribution in [1.82, 2.24) is 5.32 Å². The lowest BCUT2D eigenvalue weighted by Crippen LogP contribution is -2.50. The fourth-order valence-corrected chi connectivity index (χ4v) is 3.38. The highest BCUT2D eigenvalue weighted by atomic mass is 16.1. The number of nitrogens with one attached hydrogen (secondary N) is 1. The van der Waals surface area contributed by atoms with E-state index in [4.69, 9.17) is 5.73 Å². The van der Waals surface area contributed by atoms with Crippen molar-refractivity contribution in [2.75, 3.05) is 0 Å². The van der Waals surface area contributed by atoms with E-state index in [1.165, 1.54) is 16.7 Å². The van der Waals surface area contributed by atoms with Crippen LogP contribution in [0.2, 0.25) is 0 Å². The van der Waals surface area contributed by atoms with Crippen molar-refractivity contribution < 1.29 is 4.79 Å². The van der Waals surface area contributed by atoms with Crippen LogP contribution in [-0.4, -0.2) is 18.0 Å². The van der Waals surface area contributed by atoms with Crippen molar-refractivity contribution in [3.05, 3.63) is 34.9 Å². The number of benzene rings is 1. The molecule has 3 nitrogen and oxygen atoms in total. The number of carbonyl (C=O) groups excluding carboxylic acids is 1. The molecule has 3 N–H and O–H groups in total. The van der Waals surface area contributed by atoms with Crippen LogP contribution in [0.4, 0.5) is 0 Å². The third-order valence-electron chi connectivity index (χ3n) is 4.24. The molecule has 19 heavy (non-hydrogen) atoms. The summed E-state index contributed by atoms with van der Waals surface area (Å²) in [6, 6.07) is 6.65. The van der Waals surface area contributed by atoms with E-state index in [0.29, 0.717) is 5.92 Å². The molecule has 0 saturated heterocycles. The van der Waals surface area contributed by atoms with Crippen LogP contribution in [0.25, 0.3) is 0 Å². The van der Waals surface area contributed by atoms with Gasteiger partial charge in [0.25, 0.3) is 0 Å². The highest BCUT2D eigenvalue weighted by Crippen LogP contribution is 2.35. The van der Waals surface area contributed by atoms with Crippen molar-refractivity contribution in [2.24, 2.45) is 5.73 Å². The van der Waals surface area contributed by atoms with Gasteiger partial charge < -0.3 is 11.1 Å². The minimum Gasteiger partial charge on any atom is -0.352 e. The van der Waals surface area contributed by atoms with E-state index in [-0.39, 0.29) is 18.0 Å². The predicted octanol–water partition coefficient (Wildman–Crippen LogP) is 2.40. The molecule has 3 atom stereocenters. The topological polar surface area (TPSA) is 55.1 Å². The maximum atomic E-state index is 11.2. The number of amides is 1. The third kappa shape index (κ3) is 3.16. The zero-order valence-electron chi connectivity index (χ0n) is 12.1. The zero-order chi connectivity index (χ0) is 14.0. The highest BCUT2D eigenvalue weighted by molar-refractivity contribution is 5.73. The molecule has 0 heterocycles. The highest BCUT2D eigenvalue weighted by Gasteiger charge is 2.30. The summed E-state index contributed by atoms with van der Waals surface area (Å²) in [5.41, 5.74) is 10.4. The molecule has 104 valence electrons. The van der Waals surface area contributed by atoms with E-state index in [1.54, 1.807) is 6.92 Å². The Kier molecular flexibility index (Phi) is 4.25. The van der Waals surface area contributed by atoms with Gasteiger partial charge in [0.2, 0.25) is 5.91 Å². The normalized spacial score (nSPS) is 27.1. The van der Waals surface area contributed by atoms with Gasteiger partial charge in [-0.15, -0.1) is 0 Å². The van der Waals surface area contributed by atoms with Crippen LogP contribution in [-0.2, 0) is 4.79 Å². The van der Waals surface area contributed by atoms with Gasteiger partial charge in [0.15, 0.2) is 0 Å². The van der Waals surface area contributed by atoms with Crippen LogP contribution in [0.15, 0.2) is 18.2 Å². The first-order valence-corrected chi connectivity index (χ1v) is 7.08. The van der Waals surface area contributed by atoms with Crippen LogP contribution in [0, 0.1) is 13.8 Å². The second kappa shape index (κ2) is 5.74. The minimum absolute atomic E-state index is 0.0194. The van der Waals surface area contributed by atoms with Crippen LogP contribution in [0.3, 0.4) is 0 Å². The van der Waals surface area contributed by atoms with Gasteiger partial charge in [-0.3, -0.25) is 4.79 Å². The molecule has 0 aromatic heterocycles. The van der Waals surface area contributed by atoms with E-state index in [2.05, 4.69) is 37.4 Å². The minimum atomic E-state index is 0.0194. The van der Waals surface area contributed by atoms with Gasteiger partial charge in [-0.25, -0.2) is 0 Å². The molecule has 0 unspecified atom stereocenters. The second-order valence-electron chi connectivity index (χ2n) is 5.79. The van der Waals surface area contributed by atoms with E-state index >= 15 is 0 Å². The summed E-state index contributed by atoms with van der Waals surface area (Å²) in [5, 5.41) is 2.97. The maximum Gasteiger partial charge on any atom is 0.217 e. The van der Waals surface area contributed by atoms with Crippen molar-refractivity contribution >= 4 is 5.91 Å². The summed E-state index contributed by atoms with van der Waals surface area (Å²) in [7, 11) is 0. The molecule has 3 heteroatoms. The van der Waals surface area contributed by atoms with Crippen LogP contribution in [0.5, 0.6) is 0 Å². The van der Waals surface area contributed by atoms with Gasteiger partial charge in [-0.05, 0) is 55.7 Å². The fourth-order valence-electron chi connectivity index (χ4n) is 3.38. The van der Waals surface area contributed by atoms with E-state index in [0.717, 1.165) is 19.3 Å². The van der Waals surface area contributed by atoms with Gasteiger partial charge in [-0.2, -0.15) is 0 Å². The Balaban J connectivity index is 2.12. The molecule has 0 aliphatic heterocycles. The lowest BCUT2D eigenvalue weighted by Gasteiger charge is -2.35. The Morgan fingerprint density at radius 2 is 1.89 bits per heavy atom. The molecule has 0 radical (unpaired) electrons. The molecule has 1 fully saturated rings. The average molecular weight is 260 g/mol. The maximum absolute atomic E-state index is 11.2. The summed E-state index contributed by atoms with van der Waals surface area (Å²) in [5.74, 6) is 0.548. The largest absolute Gasteiger partial charge is 0.352 e. The van der Waals surface area contributed by atoms with Gasteiger partial charge in [-0.1, -0.05) is 18.2 Å². The SMILES string of the molecule is CC(=O)N[C@@H]1CC[C@@H](c2c(C)cccc2C)C[C@H]1N. The van der Waals surface area contributed by atoms with Crippen molar-refractivity contribution in [1.29, 1.82) is 0 Å². The molecular formula is C16H24N2O. The smallest absolute Gasteiger partial charge is 0.217 e. The number of nitrogens with two attached hydrogens (primary N) is 1. The zero-order valence-corrected chi connectivity index (χ0v) is 12.1. The quantitative estimate of drug-likeness (QED) is 0.858. The third-order valence-corrected chi connectivity index (χ3v) is 4.24. The Labute approximate surface area is 115 Å². The number of hydrogen-bond acceptors (Lipinski definition) is 2. The van der Waals surface area contributed by atoms with Gasteiger partial charge in [0.05, 0.1) is 0 Å². The Morgan fingerprint density at radius 1 is 1.26 bits per heavy atom. The summed E-state index contributed by atoms with van der Waals surface area (Å²) in [4.78, 5) is 11.2.